The Labute approximate surface area is 102 Å². The molecule has 5 nitrogen and oxygen atoms in total. The van der Waals surface area contributed by atoms with E-state index in [1.54, 1.807) is 12.1 Å². The fourth-order valence-corrected chi connectivity index (χ4v) is 1.29. The molecule has 0 aliphatic carbocycles. The highest BCUT2D eigenvalue weighted by molar-refractivity contribution is 6.28. The Hall–Kier alpha value is -1.95. The molecule has 0 amide bonds. The van der Waals surface area contributed by atoms with Gasteiger partial charge >= 0.3 is 6.01 Å². The summed E-state index contributed by atoms with van der Waals surface area (Å²) in [6, 6.07) is 5.86. The normalized spacial score (nSPS) is 10.1. The quantitative estimate of drug-likeness (QED) is 0.911. The molecule has 2 rings (SSSR count). The lowest BCUT2D eigenvalue weighted by atomic mass is 10.3. The number of methoxy groups -OCH3 is 1. The fraction of sp³-hybridized carbons (Fsp3) is 0.100. The first kappa shape index (κ1) is 11.5. The molecule has 1 N–H and O–H groups in total. The summed E-state index contributed by atoms with van der Waals surface area (Å²) < 4.78 is 17.5. The summed E-state index contributed by atoms with van der Waals surface area (Å²) in [4.78, 5) is 11.5. The van der Waals surface area contributed by atoms with Gasteiger partial charge in [0.2, 0.25) is 11.2 Å². The second-order valence-corrected chi connectivity index (χ2v) is 3.38. The van der Waals surface area contributed by atoms with Crippen LogP contribution in [0.5, 0.6) is 6.01 Å². The van der Waals surface area contributed by atoms with Gasteiger partial charge in [-0.1, -0.05) is 0 Å². The van der Waals surface area contributed by atoms with Crippen LogP contribution in [0.1, 0.15) is 0 Å². The Morgan fingerprint density at radius 1 is 1.18 bits per heavy atom. The van der Waals surface area contributed by atoms with Gasteiger partial charge in [-0.2, -0.15) is 15.0 Å². The van der Waals surface area contributed by atoms with Gasteiger partial charge in [-0.25, -0.2) is 4.39 Å². The lowest BCUT2D eigenvalue weighted by Crippen LogP contribution is -2.01. The molecule has 2 aromatic rings. The third kappa shape index (κ3) is 3.01. The minimum atomic E-state index is -0.318. The zero-order chi connectivity index (χ0) is 12.3. The van der Waals surface area contributed by atoms with E-state index in [2.05, 4.69) is 20.3 Å². The van der Waals surface area contributed by atoms with E-state index in [9.17, 15) is 4.39 Å². The molecule has 0 aliphatic heterocycles. The fourth-order valence-electron chi connectivity index (χ4n) is 1.14. The lowest BCUT2D eigenvalue weighted by Gasteiger charge is -2.05. The summed E-state index contributed by atoms with van der Waals surface area (Å²) in [6.07, 6.45) is 0. The number of anilines is 2. The van der Waals surface area contributed by atoms with Crippen LogP contribution in [0, 0.1) is 5.82 Å². The maximum Gasteiger partial charge on any atom is 0.322 e. The number of hydrogen-bond donors (Lipinski definition) is 1. The zero-order valence-corrected chi connectivity index (χ0v) is 9.57. The number of rotatable bonds is 3. The third-order valence-corrected chi connectivity index (χ3v) is 2.04. The van der Waals surface area contributed by atoms with Crippen molar-refractivity contribution >= 4 is 23.2 Å². The van der Waals surface area contributed by atoms with E-state index >= 15 is 0 Å². The van der Waals surface area contributed by atoms with Crippen LogP contribution in [0.3, 0.4) is 0 Å². The zero-order valence-electron chi connectivity index (χ0n) is 8.82. The predicted octanol–water partition coefficient (Wildman–Crippen LogP) is 2.42. The van der Waals surface area contributed by atoms with Crippen molar-refractivity contribution in [2.24, 2.45) is 0 Å². The molecule has 0 spiro atoms. The Bertz CT molecular complexity index is 520. The van der Waals surface area contributed by atoms with Crippen LogP contribution in [0.25, 0.3) is 0 Å². The summed E-state index contributed by atoms with van der Waals surface area (Å²) in [5.41, 5.74) is 0.635. The molecule has 1 aromatic heterocycles. The second kappa shape index (κ2) is 4.92. The van der Waals surface area contributed by atoms with Crippen molar-refractivity contribution in [2.45, 2.75) is 0 Å². The summed E-state index contributed by atoms with van der Waals surface area (Å²) in [7, 11) is 1.42. The number of halogens is 2. The average Bonchev–Trinajstić information content (AvgIpc) is 2.31. The van der Waals surface area contributed by atoms with Crippen molar-refractivity contribution < 1.29 is 9.13 Å². The first-order valence-corrected chi connectivity index (χ1v) is 5.03. The van der Waals surface area contributed by atoms with E-state index in [-0.39, 0.29) is 23.1 Å². The molecule has 0 unspecified atom stereocenters. The highest BCUT2D eigenvalue weighted by Crippen LogP contribution is 2.16. The molecular weight excluding hydrogens is 247 g/mol. The van der Waals surface area contributed by atoms with Crippen LogP contribution in [0.15, 0.2) is 24.3 Å². The van der Waals surface area contributed by atoms with E-state index in [4.69, 9.17) is 16.3 Å². The van der Waals surface area contributed by atoms with Gasteiger partial charge in [0, 0.05) is 5.69 Å². The summed E-state index contributed by atoms with van der Waals surface area (Å²) in [5, 5.41) is 2.87. The minimum absolute atomic E-state index is 0.0152. The molecule has 17 heavy (non-hydrogen) atoms. The minimum Gasteiger partial charge on any atom is -0.467 e. The molecular formula is C10H8ClFN4O. The van der Waals surface area contributed by atoms with Crippen molar-refractivity contribution in [3.05, 3.63) is 35.4 Å². The standard InChI is InChI=1S/C10H8ClFN4O/c1-17-10-15-8(11)14-9(16-10)13-7-4-2-6(12)3-5-7/h2-5H,1H3,(H,13,14,15,16). The Balaban J connectivity index is 2.23. The monoisotopic (exact) mass is 254 g/mol. The van der Waals surface area contributed by atoms with Crippen molar-refractivity contribution in [1.29, 1.82) is 0 Å². The molecule has 0 saturated heterocycles. The maximum atomic E-state index is 12.7. The van der Waals surface area contributed by atoms with Crippen LogP contribution in [-0.2, 0) is 0 Å². The highest BCUT2D eigenvalue weighted by atomic mass is 35.5. The summed E-state index contributed by atoms with van der Waals surface area (Å²) in [5.74, 6) is -0.0877. The molecule has 0 fully saturated rings. The molecule has 7 heteroatoms. The van der Waals surface area contributed by atoms with Crippen molar-refractivity contribution in [1.82, 2.24) is 15.0 Å². The number of nitrogens with zero attached hydrogens (tertiary/aromatic N) is 3. The SMILES string of the molecule is COc1nc(Cl)nc(Nc2ccc(F)cc2)n1. The molecule has 0 saturated carbocycles. The predicted molar refractivity (Wildman–Crippen MR) is 61.1 cm³/mol. The van der Waals surface area contributed by atoms with Gasteiger partial charge in [0.1, 0.15) is 5.82 Å². The first-order chi connectivity index (χ1) is 8.17. The van der Waals surface area contributed by atoms with Crippen LogP contribution in [-0.4, -0.2) is 22.1 Å². The van der Waals surface area contributed by atoms with Gasteiger partial charge in [0.05, 0.1) is 7.11 Å². The number of aromatic nitrogens is 3. The summed E-state index contributed by atoms with van der Waals surface area (Å²) in [6.45, 7) is 0. The Kier molecular flexibility index (Phi) is 3.34. The van der Waals surface area contributed by atoms with Crippen molar-refractivity contribution in [3.63, 3.8) is 0 Å². The number of benzene rings is 1. The van der Waals surface area contributed by atoms with E-state index in [1.165, 1.54) is 19.2 Å². The van der Waals surface area contributed by atoms with Crippen LogP contribution >= 0.6 is 11.6 Å². The largest absolute Gasteiger partial charge is 0.467 e. The lowest BCUT2D eigenvalue weighted by molar-refractivity contribution is 0.379. The van der Waals surface area contributed by atoms with Crippen LogP contribution in [0.4, 0.5) is 16.0 Å². The third-order valence-electron chi connectivity index (χ3n) is 1.87. The molecule has 1 aromatic carbocycles. The molecule has 0 radical (unpaired) electrons. The number of nitrogens with one attached hydrogen (secondary N) is 1. The molecule has 0 aliphatic rings. The van der Waals surface area contributed by atoms with E-state index < -0.39 is 0 Å². The maximum absolute atomic E-state index is 12.7. The van der Waals surface area contributed by atoms with Crippen molar-refractivity contribution in [2.75, 3.05) is 12.4 Å². The number of hydrogen-bond acceptors (Lipinski definition) is 5. The van der Waals surface area contributed by atoms with Crippen molar-refractivity contribution in [3.8, 4) is 6.01 Å². The smallest absolute Gasteiger partial charge is 0.322 e. The first-order valence-electron chi connectivity index (χ1n) is 4.65. The van der Waals surface area contributed by atoms with Gasteiger partial charge in [-0.15, -0.1) is 0 Å². The molecule has 88 valence electrons. The second-order valence-electron chi connectivity index (χ2n) is 3.05. The van der Waals surface area contributed by atoms with E-state index in [1.807, 2.05) is 0 Å². The molecule has 0 atom stereocenters. The van der Waals surface area contributed by atoms with Crippen LogP contribution < -0.4 is 10.1 Å². The molecule has 0 bridgehead atoms. The van der Waals surface area contributed by atoms with E-state index in [0.29, 0.717) is 5.69 Å². The Morgan fingerprint density at radius 2 is 1.88 bits per heavy atom. The van der Waals surface area contributed by atoms with Gasteiger partial charge in [-0.05, 0) is 35.9 Å². The Morgan fingerprint density at radius 3 is 2.53 bits per heavy atom. The van der Waals surface area contributed by atoms with Gasteiger partial charge in [0.15, 0.2) is 0 Å². The topological polar surface area (TPSA) is 59.9 Å². The van der Waals surface area contributed by atoms with E-state index in [0.717, 1.165) is 0 Å². The average molecular weight is 255 g/mol. The highest BCUT2D eigenvalue weighted by Gasteiger charge is 2.05. The van der Waals surface area contributed by atoms with Gasteiger partial charge in [0.25, 0.3) is 0 Å². The molecule has 1 heterocycles. The van der Waals surface area contributed by atoms with Gasteiger partial charge in [-0.3, -0.25) is 0 Å². The number of ether oxygens (including phenoxy) is 1. The summed E-state index contributed by atoms with van der Waals surface area (Å²) >= 11 is 5.68. The van der Waals surface area contributed by atoms with Gasteiger partial charge < -0.3 is 10.1 Å². The van der Waals surface area contributed by atoms with Crippen LogP contribution in [0.2, 0.25) is 5.28 Å².